The lowest BCUT2D eigenvalue weighted by Gasteiger charge is -2.23. The lowest BCUT2D eigenvalue weighted by molar-refractivity contribution is 0.307. The van der Waals surface area contributed by atoms with Gasteiger partial charge in [0.05, 0.1) is 0 Å². The van der Waals surface area contributed by atoms with Crippen molar-refractivity contribution in [3.63, 3.8) is 0 Å². The smallest absolute Gasteiger partial charge is 0.127 e. The van der Waals surface area contributed by atoms with Gasteiger partial charge >= 0.3 is 0 Å². The second kappa shape index (κ2) is 5.82. The summed E-state index contributed by atoms with van der Waals surface area (Å²) in [6.45, 7) is 4.47. The maximum atomic E-state index is 8.12. The Bertz CT molecular complexity index is 355. The van der Waals surface area contributed by atoms with E-state index >= 15 is 0 Å². The van der Waals surface area contributed by atoms with E-state index in [1.807, 2.05) is 42.3 Å². The molecule has 0 aliphatic carbocycles. The van der Waals surface area contributed by atoms with Crippen LogP contribution in [0.15, 0.2) is 30.3 Å². The summed E-state index contributed by atoms with van der Waals surface area (Å²) in [7, 11) is 2.01. The summed E-state index contributed by atoms with van der Waals surface area (Å²) in [5.41, 5.74) is 0.997. The van der Waals surface area contributed by atoms with Crippen LogP contribution in [0, 0.1) is 5.41 Å². The van der Waals surface area contributed by atoms with Crippen LogP contribution in [0.2, 0.25) is 0 Å². The van der Waals surface area contributed by atoms with E-state index in [-0.39, 0.29) is 0 Å². The topological polar surface area (TPSA) is 30.3 Å². The van der Waals surface area contributed by atoms with Crippen LogP contribution in [-0.4, -0.2) is 48.9 Å². The summed E-state index contributed by atoms with van der Waals surface area (Å²) in [6.07, 6.45) is 2.67. The molecule has 1 aromatic rings. The first-order valence-corrected chi connectivity index (χ1v) is 6.35. The van der Waals surface area contributed by atoms with Gasteiger partial charge in [-0.25, -0.2) is 0 Å². The fraction of sp³-hybridized carbons (Fsp3) is 0.500. The van der Waals surface area contributed by atoms with Gasteiger partial charge in [-0.15, -0.1) is 0 Å². The number of likely N-dealkylation sites (N-methyl/N-ethyl adjacent to an activating group) is 1. The minimum Gasteiger partial charge on any atom is -0.358 e. The summed E-state index contributed by atoms with van der Waals surface area (Å²) < 4.78 is 0. The first-order valence-electron chi connectivity index (χ1n) is 6.35. The predicted molar refractivity (Wildman–Crippen MR) is 71.6 cm³/mol. The Kier molecular flexibility index (Phi) is 4.15. The standard InChI is InChI=1S/C14H21N3/c1-16(11-12-17-9-5-6-10-17)14(15)13-7-3-2-4-8-13/h2-4,7-8,15H,5-6,9-12H2,1H3. The zero-order valence-corrected chi connectivity index (χ0v) is 10.5. The Morgan fingerprint density at radius 1 is 1.24 bits per heavy atom. The highest BCUT2D eigenvalue weighted by Gasteiger charge is 2.13. The molecule has 3 nitrogen and oxygen atoms in total. The van der Waals surface area contributed by atoms with E-state index in [1.165, 1.54) is 25.9 Å². The largest absolute Gasteiger partial charge is 0.358 e. The molecule has 17 heavy (non-hydrogen) atoms. The highest BCUT2D eigenvalue weighted by molar-refractivity contribution is 5.96. The summed E-state index contributed by atoms with van der Waals surface area (Å²) in [6, 6.07) is 9.95. The summed E-state index contributed by atoms with van der Waals surface area (Å²) in [5.74, 6) is 0.616. The van der Waals surface area contributed by atoms with Gasteiger partial charge in [-0.05, 0) is 25.9 Å². The molecular formula is C14H21N3. The van der Waals surface area contributed by atoms with E-state index in [4.69, 9.17) is 5.41 Å². The van der Waals surface area contributed by atoms with Gasteiger partial charge in [0.15, 0.2) is 0 Å². The third-order valence-electron chi connectivity index (χ3n) is 3.38. The summed E-state index contributed by atoms with van der Waals surface area (Å²) >= 11 is 0. The molecule has 0 atom stereocenters. The van der Waals surface area contributed by atoms with Crippen molar-refractivity contribution in [2.24, 2.45) is 0 Å². The van der Waals surface area contributed by atoms with Gasteiger partial charge in [0.1, 0.15) is 5.84 Å². The van der Waals surface area contributed by atoms with Gasteiger partial charge in [-0.3, -0.25) is 5.41 Å². The molecule has 2 rings (SSSR count). The minimum atomic E-state index is 0.616. The second-order valence-electron chi connectivity index (χ2n) is 4.68. The van der Waals surface area contributed by atoms with E-state index in [0.29, 0.717) is 5.84 Å². The molecule has 0 aromatic heterocycles. The highest BCUT2D eigenvalue weighted by Crippen LogP contribution is 2.07. The molecule has 0 saturated carbocycles. The number of hydrogen-bond donors (Lipinski definition) is 1. The van der Waals surface area contributed by atoms with E-state index in [2.05, 4.69) is 4.90 Å². The van der Waals surface area contributed by atoms with Crippen LogP contribution in [-0.2, 0) is 0 Å². The highest BCUT2D eigenvalue weighted by atomic mass is 15.2. The van der Waals surface area contributed by atoms with Crippen LogP contribution in [0.5, 0.6) is 0 Å². The maximum absolute atomic E-state index is 8.12. The van der Waals surface area contributed by atoms with Crippen LogP contribution in [0.1, 0.15) is 18.4 Å². The van der Waals surface area contributed by atoms with Crippen molar-refractivity contribution in [1.82, 2.24) is 9.80 Å². The summed E-state index contributed by atoms with van der Waals surface area (Å²) in [5, 5.41) is 8.12. The third kappa shape index (κ3) is 3.30. The lowest BCUT2D eigenvalue weighted by atomic mass is 10.2. The number of amidine groups is 1. The van der Waals surface area contributed by atoms with Gasteiger partial charge in [0.25, 0.3) is 0 Å². The number of hydrogen-bond acceptors (Lipinski definition) is 2. The minimum absolute atomic E-state index is 0.616. The Hall–Kier alpha value is -1.35. The normalized spacial score (nSPS) is 16.1. The van der Waals surface area contributed by atoms with Gasteiger partial charge < -0.3 is 9.80 Å². The number of likely N-dealkylation sites (tertiary alicyclic amines) is 1. The molecule has 1 heterocycles. The van der Waals surface area contributed by atoms with E-state index in [0.717, 1.165) is 18.7 Å². The van der Waals surface area contributed by atoms with Crippen LogP contribution in [0.3, 0.4) is 0 Å². The number of benzene rings is 1. The summed E-state index contributed by atoms with van der Waals surface area (Å²) in [4.78, 5) is 4.52. The third-order valence-corrected chi connectivity index (χ3v) is 3.38. The van der Waals surface area contributed by atoms with Gasteiger partial charge in [0, 0.05) is 25.7 Å². The Labute approximate surface area is 104 Å². The van der Waals surface area contributed by atoms with E-state index in [1.54, 1.807) is 0 Å². The molecule has 0 bridgehead atoms. The molecule has 0 radical (unpaired) electrons. The Balaban J connectivity index is 1.83. The molecule has 0 amide bonds. The zero-order valence-electron chi connectivity index (χ0n) is 10.5. The first-order chi connectivity index (χ1) is 8.27. The van der Waals surface area contributed by atoms with Crippen molar-refractivity contribution in [2.75, 3.05) is 33.2 Å². The van der Waals surface area contributed by atoms with Crippen LogP contribution in [0.25, 0.3) is 0 Å². The average Bonchev–Trinajstić information content (AvgIpc) is 2.89. The Morgan fingerprint density at radius 3 is 2.53 bits per heavy atom. The molecule has 1 N–H and O–H groups in total. The van der Waals surface area contributed by atoms with Gasteiger partial charge in [-0.1, -0.05) is 30.3 Å². The monoisotopic (exact) mass is 231 g/mol. The maximum Gasteiger partial charge on any atom is 0.127 e. The molecule has 1 aliphatic rings. The molecular weight excluding hydrogens is 210 g/mol. The Morgan fingerprint density at radius 2 is 1.88 bits per heavy atom. The molecule has 1 fully saturated rings. The molecule has 1 aromatic carbocycles. The van der Waals surface area contributed by atoms with Crippen LogP contribution < -0.4 is 0 Å². The van der Waals surface area contributed by atoms with Crippen molar-refractivity contribution in [3.05, 3.63) is 35.9 Å². The lowest BCUT2D eigenvalue weighted by Crippen LogP contribution is -2.35. The molecule has 3 heteroatoms. The van der Waals surface area contributed by atoms with E-state index < -0.39 is 0 Å². The number of nitrogens with one attached hydrogen (secondary N) is 1. The van der Waals surface area contributed by atoms with Crippen molar-refractivity contribution >= 4 is 5.84 Å². The molecule has 1 saturated heterocycles. The number of rotatable bonds is 4. The van der Waals surface area contributed by atoms with Crippen LogP contribution in [0.4, 0.5) is 0 Å². The average molecular weight is 231 g/mol. The molecule has 1 aliphatic heterocycles. The van der Waals surface area contributed by atoms with Crippen LogP contribution >= 0.6 is 0 Å². The van der Waals surface area contributed by atoms with Crippen molar-refractivity contribution in [3.8, 4) is 0 Å². The quantitative estimate of drug-likeness (QED) is 0.635. The van der Waals surface area contributed by atoms with Gasteiger partial charge in [-0.2, -0.15) is 0 Å². The van der Waals surface area contributed by atoms with Gasteiger partial charge in [0.2, 0.25) is 0 Å². The first kappa shape index (κ1) is 12.1. The number of nitrogens with zero attached hydrogens (tertiary/aromatic N) is 2. The van der Waals surface area contributed by atoms with E-state index in [9.17, 15) is 0 Å². The predicted octanol–water partition coefficient (Wildman–Crippen LogP) is 2.04. The molecule has 0 spiro atoms. The second-order valence-corrected chi connectivity index (χ2v) is 4.68. The van der Waals surface area contributed by atoms with Crippen molar-refractivity contribution < 1.29 is 0 Å². The fourth-order valence-electron chi connectivity index (χ4n) is 2.23. The van der Waals surface area contributed by atoms with Crippen molar-refractivity contribution in [2.45, 2.75) is 12.8 Å². The molecule has 92 valence electrons. The molecule has 0 unspecified atom stereocenters. The SMILES string of the molecule is CN(CCN1CCCC1)C(=N)c1ccccc1. The fourth-order valence-corrected chi connectivity index (χ4v) is 2.23. The zero-order chi connectivity index (χ0) is 12.1. The van der Waals surface area contributed by atoms with Crippen molar-refractivity contribution in [1.29, 1.82) is 5.41 Å².